The fraction of sp³-hybridized carbons (Fsp3) is 0.296. The van der Waals surface area contributed by atoms with E-state index in [1.165, 1.54) is 16.8 Å². The largest absolute Gasteiger partial charge is 0.298 e. The molecule has 0 saturated carbocycles. The summed E-state index contributed by atoms with van der Waals surface area (Å²) in [6.07, 6.45) is 8.02. The van der Waals surface area contributed by atoms with Crippen molar-refractivity contribution in [2.75, 3.05) is 0 Å². The molecule has 2 aliphatic rings. The normalized spacial score (nSPS) is 20.6. The molecule has 0 N–H and O–H groups in total. The lowest BCUT2D eigenvalue weighted by Gasteiger charge is -2.23. The third-order valence-corrected chi connectivity index (χ3v) is 6.52. The molecule has 0 aliphatic heterocycles. The number of fused-ring (bicyclic) bond motifs is 1. The summed E-state index contributed by atoms with van der Waals surface area (Å²) in [4.78, 5) is 26.0. The number of hydrogen-bond acceptors (Lipinski definition) is 3. The summed E-state index contributed by atoms with van der Waals surface area (Å²) in [7, 11) is 0. The van der Waals surface area contributed by atoms with Crippen LogP contribution in [0.25, 0.3) is 0 Å². The van der Waals surface area contributed by atoms with Gasteiger partial charge < -0.3 is 0 Å². The van der Waals surface area contributed by atoms with E-state index < -0.39 is 5.92 Å². The number of ketones is 2. The number of aromatic nitrogens is 2. The Labute approximate surface area is 182 Å². The minimum absolute atomic E-state index is 0.0131. The van der Waals surface area contributed by atoms with Gasteiger partial charge in [-0.2, -0.15) is 5.10 Å². The highest BCUT2D eigenvalue weighted by atomic mass is 16.2. The first-order valence-electron chi connectivity index (χ1n) is 11.1. The van der Waals surface area contributed by atoms with Crippen LogP contribution in [-0.2, 0) is 35.4 Å². The number of Topliss-reactive ketones (excluding diaryl/α,β-unsaturated/α-hetero) is 1. The maximum absolute atomic E-state index is 13.3. The quantitative estimate of drug-likeness (QED) is 0.584. The van der Waals surface area contributed by atoms with Crippen molar-refractivity contribution < 1.29 is 9.59 Å². The number of carbonyl (C=O) groups is 2. The van der Waals surface area contributed by atoms with Crippen molar-refractivity contribution in [2.24, 2.45) is 5.92 Å². The van der Waals surface area contributed by atoms with Crippen LogP contribution in [0.1, 0.15) is 46.8 Å². The SMILES string of the molecule is O=C1C=CC(c2ccccc2)C(=O)C1Cc1nn(Cc2ccccc2)c2c1CCCC2. The number of nitrogens with zero attached hydrogens (tertiary/aromatic N) is 2. The molecule has 156 valence electrons. The van der Waals surface area contributed by atoms with Gasteiger partial charge in [0, 0.05) is 12.1 Å². The van der Waals surface area contributed by atoms with Gasteiger partial charge in [-0.25, -0.2) is 0 Å². The number of rotatable bonds is 5. The smallest absolute Gasteiger partial charge is 0.166 e. The molecule has 2 atom stereocenters. The van der Waals surface area contributed by atoms with Gasteiger partial charge in [0.2, 0.25) is 0 Å². The van der Waals surface area contributed by atoms with Crippen LogP contribution in [0.2, 0.25) is 0 Å². The molecule has 1 aromatic heterocycles. The number of allylic oxidation sites excluding steroid dienone is 2. The predicted octanol–water partition coefficient (Wildman–Crippen LogP) is 4.46. The maximum Gasteiger partial charge on any atom is 0.166 e. The third kappa shape index (κ3) is 3.90. The highest BCUT2D eigenvalue weighted by Crippen LogP contribution is 2.32. The lowest BCUT2D eigenvalue weighted by atomic mass is 9.78. The Morgan fingerprint density at radius 1 is 0.903 bits per heavy atom. The molecule has 4 heteroatoms. The molecule has 0 spiro atoms. The van der Waals surface area contributed by atoms with Crippen molar-refractivity contribution in [2.45, 2.75) is 44.6 Å². The number of carbonyl (C=O) groups excluding carboxylic acids is 2. The first kappa shape index (κ1) is 19.7. The Morgan fingerprint density at radius 2 is 1.61 bits per heavy atom. The van der Waals surface area contributed by atoms with Crippen LogP contribution in [-0.4, -0.2) is 21.3 Å². The van der Waals surface area contributed by atoms with E-state index in [0.29, 0.717) is 6.42 Å². The van der Waals surface area contributed by atoms with Crippen molar-refractivity contribution in [3.63, 3.8) is 0 Å². The van der Waals surface area contributed by atoms with Crippen molar-refractivity contribution >= 4 is 11.6 Å². The Morgan fingerprint density at radius 3 is 2.39 bits per heavy atom. The van der Waals surface area contributed by atoms with Gasteiger partial charge in [0.25, 0.3) is 0 Å². The average Bonchev–Trinajstić information content (AvgIpc) is 3.15. The van der Waals surface area contributed by atoms with E-state index in [0.717, 1.165) is 43.5 Å². The second kappa shape index (κ2) is 8.46. The molecular formula is C27H26N2O2. The number of benzene rings is 2. The monoisotopic (exact) mass is 410 g/mol. The molecule has 0 bridgehead atoms. The molecule has 2 aromatic carbocycles. The van der Waals surface area contributed by atoms with E-state index in [2.05, 4.69) is 16.8 Å². The van der Waals surface area contributed by atoms with Crippen molar-refractivity contribution in [1.29, 1.82) is 0 Å². The van der Waals surface area contributed by atoms with E-state index in [1.54, 1.807) is 12.2 Å². The van der Waals surface area contributed by atoms with Gasteiger partial charge >= 0.3 is 0 Å². The topological polar surface area (TPSA) is 52.0 Å². The van der Waals surface area contributed by atoms with Gasteiger partial charge in [0.15, 0.2) is 11.6 Å². The molecule has 0 radical (unpaired) electrons. The summed E-state index contributed by atoms with van der Waals surface area (Å²) in [6, 6.07) is 20.0. The number of hydrogen-bond donors (Lipinski definition) is 0. The molecule has 1 heterocycles. The standard InChI is InChI=1S/C27H26N2O2/c30-26-16-15-21(20-11-5-2-6-12-20)27(31)23(26)17-24-22-13-7-8-14-25(22)29(28-24)18-19-9-3-1-4-10-19/h1-6,9-12,15-16,21,23H,7-8,13-14,17-18H2. The summed E-state index contributed by atoms with van der Waals surface area (Å²) in [5.41, 5.74) is 5.61. The van der Waals surface area contributed by atoms with E-state index in [9.17, 15) is 9.59 Å². The molecular weight excluding hydrogens is 384 g/mol. The van der Waals surface area contributed by atoms with Crippen LogP contribution in [0.4, 0.5) is 0 Å². The molecule has 5 rings (SSSR count). The van der Waals surface area contributed by atoms with E-state index >= 15 is 0 Å². The van der Waals surface area contributed by atoms with E-state index in [1.807, 2.05) is 48.5 Å². The summed E-state index contributed by atoms with van der Waals surface area (Å²) < 4.78 is 2.10. The molecule has 0 saturated heterocycles. The van der Waals surface area contributed by atoms with Crippen LogP contribution in [0.3, 0.4) is 0 Å². The van der Waals surface area contributed by atoms with Gasteiger partial charge in [0.1, 0.15) is 0 Å². The third-order valence-electron chi connectivity index (χ3n) is 6.52. The van der Waals surface area contributed by atoms with Crippen LogP contribution >= 0.6 is 0 Å². The minimum atomic E-state index is -0.652. The van der Waals surface area contributed by atoms with Gasteiger partial charge in [-0.3, -0.25) is 14.3 Å². The molecule has 0 fully saturated rings. The van der Waals surface area contributed by atoms with Crippen molar-refractivity contribution in [1.82, 2.24) is 9.78 Å². The van der Waals surface area contributed by atoms with Crippen LogP contribution in [0, 0.1) is 5.92 Å². The Hall–Kier alpha value is -3.27. The molecule has 0 amide bonds. The summed E-state index contributed by atoms with van der Waals surface area (Å²) in [6.45, 7) is 0.724. The van der Waals surface area contributed by atoms with Crippen molar-refractivity contribution in [3.8, 4) is 0 Å². The van der Waals surface area contributed by atoms with Gasteiger partial charge in [-0.15, -0.1) is 0 Å². The lowest BCUT2D eigenvalue weighted by molar-refractivity contribution is -0.131. The molecule has 4 nitrogen and oxygen atoms in total. The second-order valence-electron chi connectivity index (χ2n) is 8.53. The fourth-order valence-corrected chi connectivity index (χ4v) is 4.89. The molecule has 2 unspecified atom stereocenters. The minimum Gasteiger partial charge on any atom is -0.298 e. The summed E-state index contributed by atoms with van der Waals surface area (Å²) >= 11 is 0. The average molecular weight is 411 g/mol. The maximum atomic E-state index is 13.3. The van der Waals surface area contributed by atoms with Gasteiger partial charge in [-0.1, -0.05) is 66.7 Å². The predicted molar refractivity (Wildman–Crippen MR) is 120 cm³/mol. The van der Waals surface area contributed by atoms with Crippen LogP contribution < -0.4 is 0 Å². The second-order valence-corrected chi connectivity index (χ2v) is 8.53. The highest BCUT2D eigenvalue weighted by Gasteiger charge is 2.36. The molecule has 31 heavy (non-hydrogen) atoms. The summed E-state index contributed by atoms with van der Waals surface area (Å²) in [5.74, 6) is -1.12. The van der Waals surface area contributed by atoms with E-state index in [-0.39, 0.29) is 17.5 Å². The zero-order valence-corrected chi connectivity index (χ0v) is 17.5. The Bertz CT molecular complexity index is 1130. The fourth-order valence-electron chi connectivity index (χ4n) is 4.89. The van der Waals surface area contributed by atoms with Gasteiger partial charge in [-0.05, 0) is 48.4 Å². The zero-order chi connectivity index (χ0) is 21.2. The summed E-state index contributed by atoms with van der Waals surface area (Å²) in [5, 5.41) is 4.94. The molecule has 2 aliphatic carbocycles. The van der Waals surface area contributed by atoms with E-state index in [4.69, 9.17) is 5.10 Å². The zero-order valence-electron chi connectivity index (χ0n) is 17.5. The molecule has 3 aromatic rings. The van der Waals surface area contributed by atoms with Crippen molar-refractivity contribution in [3.05, 3.63) is 101 Å². The van der Waals surface area contributed by atoms with Crippen LogP contribution in [0.5, 0.6) is 0 Å². The Kier molecular flexibility index (Phi) is 5.37. The first-order valence-corrected chi connectivity index (χ1v) is 11.1. The highest BCUT2D eigenvalue weighted by molar-refractivity contribution is 6.13. The van der Waals surface area contributed by atoms with Gasteiger partial charge in [0.05, 0.1) is 24.1 Å². The Balaban J connectivity index is 1.44. The lowest BCUT2D eigenvalue weighted by Crippen LogP contribution is -2.33. The van der Waals surface area contributed by atoms with Crippen LogP contribution in [0.15, 0.2) is 72.8 Å². The first-order chi connectivity index (χ1) is 15.2.